The molecule has 0 saturated heterocycles. The van der Waals surface area contributed by atoms with Gasteiger partial charge in [-0.05, 0) is 37.1 Å². The van der Waals surface area contributed by atoms with E-state index in [0.717, 1.165) is 17.7 Å². The molecule has 7 heteroatoms. The minimum atomic E-state index is -0.355. The lowest BCUT2D eigenvalue weighted by Gasteiger charge is -2.08. The van der Waals surface area contributed by atoms with Crippen molar-refractivity contribution in [1.82, 2.24) is 15.2 Å². The highest BCUT2D eigenvalue weighted by Gasteiger charge is 2.13. The third-order valence-electron chi connectivity index (χ3n) is 4.14. The van der Waals surface area contributed by atoms with Gasteiger partial charge in [0.2, 0.25) is 0 Å². The lowest BCUT2D eigenvalue weighted by Crippen LogP contribution is -2.24. The van der Waals surface area contributed by atoms with Crippen LogP contribution in [0.15, 0.2) is 59.7 Å². The van der Waals surface area contributed by atoms with Crippen LogP contribution >= 0.6 is 11.6 Å². The van der Waals surface area contributed by atoms with Gasteiger partial charge in [-0.3, -0.25) is 4.79 Å². The fraction of sp³-hybridized carbons (Fsp3) is 0.190. The summed E-state index contributed by atoms with van der Waals surface area (Å²) in [6.45, 7) is 3.75. The van der Waals surface area contributed by atoms with Crippen LogP contribution in [0.1, 0.15) is 23.7 Å². The number of hydrazone groups is 1. The first-order valence-corrected chi connectivity index (χ1v) is 9.31. The number of nitrogens with one attached hydrogen (secondary N) is 1. The van der Waals surface area contributed by atoms with Crippen molar-refractivity contribution < 1.29 is 9.53 Å². The zero-order chi connectivity index (χ0) is 19.9. The summed E-state index contributed by atoms with van der Waals surface area (Å²) in [6, 6.07) is 17.2. The Hall–Kier alpha value is -3.12. The monoisotopic (exact) mass is 396 g/mol. The first-order chi connectivity index (χ1) is 13.6. The van der Waals surface area contributed by atoms with E-state index in [-0.39, 0.29) is 12.5 Å². The molecule has 0 aliphatic carbocycles. The maximum Gasteiger partial charge on any atom is 0.277 e. The average molecular weight is 397 g/mol. The van der Waals surface area contributed by atoms with Crippen molar-refractivity contribution in [2.45, 2.75) is 20.3 Å². The number of ether oxygens (including phenoxy) is 1. The van der Waals surface area contributed by atoms with E-state index in [1.807, 2.05) is 68.4 Å². The van der Waals surface area contributed by atoms with E-state index >= 15 is 0 Å². The van der Waals surface area contributed by atoms with Gasteiger partial charge >= 0.3 is 0 Å². The van der Waals surface area contributed by atoms with Crippen molar-refractivity contribution in [3.05, 3.63) is 76.6 Å². The lowest BCUT2D eigenvalue weighted by molar-refractivity contribution is -0.123. The van der Waals surface area contributed by atoms with Gasteiger partial charge in [-0.25, -0.2) is 10.1 Å². The molecule has 0 radical (unpaired) electrons. The number of benzene rings is 2. The van der Waals surface area contributed by atoms with E-state index in [1.165, 1.54) is 6.21 Å². The SMILES string of the molecule is CCc1ccccc1OCC(=O)NN=Cc1c(C)nn(-c2ccccc2)c1Cl. The van der Waals surface area contributed by atoms with Gasteiger partial charge in [0, 0.05) is 0 Å². The van der Waals surface area contributed by atoms with Crippen molar-refractivity contribution in [1.29, 1.82) is 0 Å². The summed E-state index contributed by atoms with van der Waals surface area (Å²) >= 11 is 6.43. The zero-order valence-corrected chi connectivity index (χ0v) is 16.5. The highest BCUT2D eigenvalue weighted by Crippen LogP contribution is 2.22. The van der Waals surface area contributed by atoms with E-state index in [9.17, 15) is 4.79 Å². The molecular formula is C21H21ClN4O2. The van der Waals surface area contributed by atoms with Crippen molar-refractivity contribution in [3.8, 4) is 11.4 Å². The van der Waals surface area contributed by atoms with Crippen LogP contribution in [-0.2, 0) is 11.2 Å². The lowest BCUT2D eigenvalue weighted by atomic mass is 10.1. The predicted octanol–water partition coefficient (Wildman–Crippen LogP) is 3.93. The Morgan fingerprint density at radius 3 is 2.68 bits per heavy atom. The van der Waals surface area contributed by atoms with E-state index in [2.05, 4.69) is 15.6 Å². The molecular weight excluding hydrogens is 376 g/mol. The fourth-order valence-corrected chi connectivity index (χ4v) is 3.00. The Balaban J connectivity index is 1.62. The topological polar surface area (TPSA) is 68.5 Å². The van der Waals surface area contributed by atoms with E-state index in [4.69, 9.17) is 16.3 Å². The third-order valence-corrected chi connectivity index (χ3v) is 4.51. The van der Waals surface area contributed by atoms with Crippen LogP contribution in [0.25, 0.3) is 5.69 Å². The number of hydrogen-bond donors (Lipinski definition) is 1. The number of halogens is 1. The molecule has 0 unspecified atom stereocenters. The highest BCUT2D eigenvalue weighted by molar-refractivity contribution is 6.32. The summed E-state index contributed by atoms with van der Waals surface area (Å²) in [7, 11) is 0. The molecule has 2 aromatic carbocycles. The van der Waals surface area contributed by atoms with Crippen molar-refractivity contribution in [2.75, 3.05) is 6.61 Å². The van der Waals surface area contributed by atoms with Crippen LogP contribution in [-0.4, -0.2) is 28.5 Å². The third kappa shape index (κ3) is 4.58. The van der Waals surface area contributed by atoms with Crippen molar-refractivity contribution >= 4 is 23.7 Å². The molecule has 28 heavy (non-hydrogen) atoms. The molecule has 0 aliphatic rings. The molecule has 1 heterocycles. The standard InChI is InChI=1S/C21H21ClN4O2/c1-3-16-9-7-8-12-19(16)28-14-20(27)24-23-13-18-15(2)25-26(21(18)22)17-10-5-4-6-11-17/h4-13H,3,14H2,1-2H3,(H,24,27). The van der Waals surface area contributed by atoms with Gasteiger partial charge in [0.05, 0.1) is 23.2 Å². The number of hydrogen-bond acceptors (Lipinski definition) is 4. The average Bonchev–Trinajstić information content (AvgIpc) is 3.01. The molecule has 0 atom stereocenters. The molecule has 0 saturated carbocycles. The van der Waals surface area contributed by atoms with Gasteiger partial charge in [0.25, 0.3) is 5.91 Å². The molecule has 3 aromatic rings. The first kappa shape index (κ1) is 19.6. The van der Waals surface area contributed by atoms with Gasteiger partial charge in [-0.15, -0.1) is 0 Å². The molecule has 0 bridgehead atoms. The number of aromatic nitrogens is 2. The molecule has 0 fully saturated rings. The van der Waals surface area contributed by atoms with Gasteiger partial charge < -0.3 is 4.74 Å². The maximum atomic E-state index is 12.0. The van der Waals surface area contributed by atoms with Crippen LogP contribution in [0, 0.1) is 6.92 Å². The molecule has 1 aromatic heterocycles. The zero-order valence-electron chi connectivity index (χ0n) is 15.7. The van der Waals surface area contributed by atoms with Gasteiger partial charge in [-0.1, -0.05) is 54.9 Å². The Morgan fingerprint density at radius 2 is 1.93 bits per heavy atom. The number of para-hydroxylation sites is 2. The number of nitrogens with zero attached hydrogens (tertiary/aromatic N) is 3. The molecule has 3 rings (SSSR count). The summed E-state index contributed by atoms with van der Waals surface area (Å²) in [5, 5.41) is 8.84. The first-order valence-electron chi connectivity index (χ1n) is 8.93. The number of aryl methyl sites for hydroxylation is 2. The summed E-state index contributed by atoms with van der Waals surface area (Å²) in [5.41, 5.74) is 5.70. The second-order valence-corrected chi connectivity index (χ2v) is 6.44. The van der Waals surface area contributed by atoms with Crippen LogP contribution in [0.5, 0.6) is 5.75 Å². The quantitative estimate of drug-likeness (QED) is 0.486. The van der Waals surface area contributed by atoms with E-state index in [1.54, 1.807) is 4.68 Å². The number of rotatable bonds is 7. The molecule has 1 amide bonds. The molecule has 1 N–H and O–H groups in total. The Kier molecular flexibility index (Phi) is 6.45. The second-order valence-electron chi connectivity index (χ2n) is 6.08. The van der Waals surface area contributed by atoms with Crippen LogP contribution < -0.4 is 10.2 Å². The van der Waals surface area contributed by atoms with Crippen LogP contribution in [0.2, 0.25) is 5.15 Å². The van der Waals surface area contributed by atoms with Crippen molar-refractivity contribution in [2.24, 2.45) is 5.10 Å². The summed E-state index contributed by atoms with van der Waals surface area (Å²) in [6.07, 6.45) is 2.32. The van der Waals surface area contributed by atoms with E-state index in [0.29, 0.717) is 22.2 Å². The van der Waals surface area contributed by atoms with Crippen LogP contribution in [0.3, 0.4) is 0 Å². The minimum Gasteiger partial charge on any atom is -0.483 e. The number of carbonyl (C=O) groups excluding carboxylic acids is 1. The van der Waals surface area contributed by atoms with Crippen LogP contribution in [0.4, 0.5) is 0 Å². The molecule has 6 nitrogen and oxygen atoms in total. The normalized spacial score (nSPS) is 11.0. The summed E-state index contributed by atoms with van der Waals surface area (Å²) < 4.78 is 7.20. The van der Waals surface area contributed by atoms with Gasteiger partial charge in [0.15, 0.2) is 6.61 Å². The van der Waals surface area contributed by atoms with E-state index < -0.39 is 0 Å². The fourth-order valence-electron chi connectivity index (χ4n) is 2.68. The maximum absolute atomic E-state index is 12.0. The smallest absolute Gasteiger partial charge is 0.277 e. The Morgan fingerprint density at radius 1 is 1.21 bits per heavy atom. The number of carbonyl (C=O) groups is 1. The summed E-state index contributed by atoms with van der Waals surface area (Å²) in [5.74, 6) is 0.346. The Bertz CT molecular complexity index is 983. The molecule has 144 valence electrons. The largest absolute Gasteiger partial charge is 0.483 e. The minimum absolute atomic E-state index is 0.121. The molecule has 0 spiro atoms. The second kappa shape index (κ2) is 9.19. The van der Waals surface area contributed by atoms with Crippen molar-refractivity contribution in [3.63, 3.8) is 0 Å². The molecule has 0 aliphatic heterocycles. The van der Waals surface area contributed by atoms with Gasteiger partial charge in [-0.2, -0.15) is 10.2 Å². The van der Waals surface area contributed by atoms with Gasteiger partial charge in [0.1, 0.15) is 10.9 Å². The number of amides is 1. The Labute approximate surface area is 168 Å². The summed E-state index contributed by atoms with van der Waals surface area (Å²) in [4.78, 5) is 12.0. The highest BCUT2D eigenvalue weighted by atomic mass is 35.5. The predicted molar refractivity (Wildman–Crippen MR) is 110 cm³/mol.